The number of H-pyrrole nitrogens is 1. The molecular weight excluding hydrogens is 420 g/mol. The highest BCUT2D eigenvalue weighted by Crippen LogP contribution is 2.10. The van der Waals surface area contributed by atoms with Crippen molar-refractivity contribution in [3.63, 3.8) is 0 Å². The number of rotatable bonds is 12. The van der Waals surface area contributed by atoms with Crippen molar-refractivity contribution in [1.29, 1.82) is 0 Å². The third kappa shape index (κ3) is 7.02. The third-order valence-electron chi connectivity index (χ3n) is 5.58. The summed E-state index contributed by atoms with van der Waals surface area (Å²) in [5, 5.41) is 29.6. The van der Waals surface area contributed by atoms with Gasteiger partial charge in [-0.25, -0.2) is 9.78 Å². The van der Waals surface area contributed by atoms with Crippen LogP contribution in [0.25, 0.3) is 0 Å². The Balaban J connectivity index is 2.10. The highest BCUT2D eigenvalue weighted by atomic mass is 16.4. The molecule has 1 fully saturated rings. The lowest BCUT2D eigenvalue weighted by molar-refractivity contribution is -0.143. The van der Waals surface area contributed by atoms with Crippen molar-refractivity contribution in [3.05, 3.63) is 18.2 Å². The monoisotopic (exact) mass is 452 g/mol. The number of imidazole rings is 1. The molecule has 0 spiro atoms. The fourth-order valence-electron chi connectivity index (χ4n) is 3.41. The number of hydrogen-bond donors (Lipinski definition) is 7. The average Bonchev–Trinajstić information content (AvgIpc) is 3.48. The molecule has 2 heterocycles. The molecule has 7 N–H and O–H groups in total. The van der Waals surface area contributed by atoms with E-state index in [0.717, 1.165) is 6.42 Å². The number of carboxylic acid groups (broad SMARTS) is 1. The molecule has 12 heteroatoms. The smallest absolute Gasteiger partial charge is 0.326 e. The van der Waals surface area contributed by atoms with Gasteiger partial charge in [-0.15, -0.1) is 0 Å². The molecule has 1 aliphatic rings. The van der Waals surface area contributed by atoms with Crippen LogP contribution in [-0.4, -0.2) is 81.2 Å². The first-order valence-electron chi connectivity index (χ1n) is 10.7. The van der Waals surface area contributed by atoms with Gasteiger partial charge in [0.1, 0.15) is 18.1 Å². The molecule has 0 aliphatic carbocycles. The van der Waals surface area contributed by atoms with E-state index >= 15 is 0 Å². The zero-order valence-corrected chi connectivity index (χ0v) is 18.3. The summed E-state index contributed by atoms with van der Waals surface area (Å²) in [7, 11) is 0. The van der Waals surface area contributed by atoms with E-state index in [9.17, 15) is 29.4 Å². The minimum Gasteiger partial charge on any atom is -0.480 e. The van der Waals surface area contributed by atoms with E-state index in [4.69, 9.17) is 0 Å². The maximum absolute atomic E-state index is 12.9. The fraction of sp³-hybridized carbons (Fsp3) is 0.650. The molecule has 178 valence electrons. The number of nitrogens with one attached hydrogen (secondary N) is 5. The lowest BCUT2D eigenvalue weighted by Gasteiger charge is -2.26. The zero-order chi connectivity index (χ0) is 23.7. The summed E-state index contributed by atoms with van der Waals surface area (Å²) in [6.45, 7) is 3.55. The summed E-state index contributed by atoms with van der Waals surface area (Å²) in [5.41, 5.74) is 0.542. The fourth-order valence-corrected chi connectivity index (χ4v) is 3.41. The number of carbonyl (C=O) groups excluding carboxylic acids is 3. The largest absolute Gasteiger partial charge is 0.480 e. The molecule has 0 aromatic carbocycles. The minimum atomic E-state index is -1.26. The number of carbonyl (C=O) groups is 4. The van der Waals surface area contributed by atoms with Gasteiger partial charge in [0, 0.05) is 18.3 Å². The Hall–Kier alpha value is -2.99. The molecule has 1 aromatic rings. The van der Waals surface area contributed by atoms with Gasteiger partial charge in [0.25, 0.3) is 0 Å². The number of aliphatic hydroxyl groups excluding tert-OH is 1. The van der Waals surface area contributed by atoms with E-state index < -0.39 is 54.5 Å². The summed E-state index contributed by atoms with van der Waals surface area (Å²) in [4.78, 5) is 56.3. The lowest BCUT2D eigenvalue weighted by Crippen LogP contribution is -2.59. The molecule has 5 unspecified atom stereocenters. The van der Waals surface area contributed by atoms with Crippen LogP contribution in [0.15, 0.2) is 12.5 Å². The quantitative estimate of drug-likeness (QED) is 0.195. The van der Waals surface area contributed by atoms with E-state index in [1.807, 2.05) is 6.92 Å². The predicted octanol–water partition coefficient (Wildman–Crippen LogP) is -1.72. The van der Waals surface area contributed by atoms with Crippen molar-refractivity contribution in [2.75, 3.05) is 13.2 Å². The number of carboxylic acids is 1. The summed E-state index contributed by atoms with van der Waals surface area (Å²) in [6.07, 6.45) is 4.90. The molecule has 32 heavy (non-hydrogen) atoms. The summed E-state index contributed by atoms with van der Waals surface area (Å²) >= 11 is 0. The van der Waals surface area contributed by atoms with Crippen LogP contribution in [0, 0.1) is 5.92 Å². The molecule has 0 bridgehead atoms. The zero-order valence-electron chi connectivity index (χ0n) is 18.3. The second-order valence-corrected chi connectivity index (χ2v) is 7.94. The molecule has 1 aromatic heterocycles. The molecule has 12 nitrogen and oxygen atoms in total. The Bertz CT molecular complexity index is 780. The number of aliphatic carboxylic acids is 1. The maximum atomic E-state index is 12.9. The van der Waals surface area contributed by atoms with Crippen LogP contribution in [0.1, 0.15) is 38.8 Å². The van der Waals surface area contributed by atoms with Crippen LogP contribution in [-0.2, 0) is 25.6 Å². The van der Waals surface area contributed by atoms with Gasteiger partial charge >= 0.3 is 5.97 Å². The standard InChI is InChI=1S/C20H32N6O6/c1-3-11(2)16(20(31)32)26-18(29)14(7-12-8-21-10-23-12)24-19(30)15(9-27)25-17(28)13-5-4-6-22-13/h8,10-11,13-16,22,27H,3-7,9H2,1-2H3,(H,21,23)(H,24,30)(H,25,28)(H,26,29)(H,31,32). The summed E-state index contributed by atoms with van der Waals surface area (Å²) in [5.74, 6) is -3.36. The SMILES string of the molecule is CCC(C)C(NC(=O)C(Cc1cnc[nH]1)NC(=O)C(CO)NC(=O)C1CCCN1)C(=O)O. The molecule has 0 saturated carbocycles. The number of aromatic amines is 1. The number of amides is 3. The minimum absolute atomic E-state index is 0.0146. The Morgan fingerprint density at radius 3 is 2.44 bits per heavy atom. The van der Waals surface area contributed by atoms with Crippen molar-refractivity contribution in [2.45, 2.75) is 63.7 Å². The van der Waals surface area contributed by atoms with Crippen LogP contribution >= 0.6 is 0 Å². The third-order valence-corrected chi connectivity index (χ3v) is 5.58. The molecule has 1 saturated heterocycles. The summed E-state index contributed by atoms with van der Waals surface area (Å²) < 4.78 is 0. The number of aromatic nitrogens is 2. The van der Waals surface area contributed by atoms with Gasteiger partial charge in [-0.05, 0) is 25.3 Å². The van der Waals surface area contributed by atoms with Crippen LogP contribution < -0.4 is 21.3 Å². The topological polar surface area (TPSA) is 186 Å². The van der Waals surface area contributed by atoms with E-state index in [1.54, 1.807) is 6.92 Å². The molecule has 2 rings (SSSR count). The van der Waals surface area contributed by atoms with Crippen molar-refractivity contribution in [2.24, 2.45) is 5.92 Å². The molecule has 3 amide bonds. The van der Waals surface area contributed by atoms with E-state index in [2.05, 4.69) is 31.2 Å². The predicted molar refractivity (Wildman–Crippen MR) is 113 cm³/mol. The van der Waals surface area contributed by atoms with Gasteiger partial charge in [0.2, 0.25) is 17.7 Å². The Morgan fingerprint density at radius 1 is 1.19 bits per heavy atom. The highest BCUT2D eigenvalue weighted by molar-refractivity contribution is 5.94. The molecule has 0 radical (unpaired) electrons. The van der Waals surface area contributed by atoms with Crippen LogP contribution in [0.3, 0.4) is 0 Å². The normalized spacial score (nSPS) is 19.4. The van der Waals surface area contributed by atoms with Gasteiger partial charge in [0.05, 0.1) is 19.0 Å². The Labute approximate surface area is 185 Å². The highest BCUT2D eigenvalue weighted by Gasteiger charge is 2.32. The number of nitrogens with zero attached hydrogens (tertiary/aromatic N) is 1. The van der Waals surface area contributed by atoms with Crippen molar-refractivity contribution in [3.8, 4) is 0 Å². The first-order valence-corrected chi connectivity index (χ1v) is 10.7. The van der Waals surface area contributed by atoms with Crippen LogP contribution in [0.4, 0.5) is 0 Å². The van der Waals surface area contributed by atoms with E-state index in [1.165, 1.54) is 12.5 Å². The number of aliphatic hydroxyl groups is 1. The van der Waals surface area contributed by atoms with Crippen LogP contribution in [0.2, 0.25) is 0 Å². The number of hydrogen-bond acceptors (Lipinski definition) is 7. The summed E-state index contributed by atoms with van der Waals surface area (Å²) in [6, 6.07) is -3.97. The Morgan fingerprint density at radius 2 is 1.91 bits per heavy atom. The second-order valence-electron chi connectivity index (χ2n) is 7.94. The van der Waals surface area contributed by atoms with Gasteiger partial charge in [-0.2, -0.15) is 0 Å². The molecular formula is C20H32N6O6. The second kappa shape index (κ2) is 12.2. The van der Waals surface area contributed by atoms with Crippen LogP contribution in [0.5, 0.6) is 0 Å². The Kier molecular flexibility index (Phi) is 9.60. The van der Waals surface area contributed by atoms with Gasteiger partial charge in [-0.1, -0.05) is 20.3 Å². The van der Waals surface area contributed by atoms with Crippen molar-refractivity contribution < 1.29 is 29.4 Å². The first-order chi connectivity index (χ1) is 15.3. The molecule has 5 atom stereocenters. The van der Waals surface area contributed by atoms with Gasteiger partial charge < -0.3 is 36.5 Å². The average molecular weight is 453 g/mol. The first kappa shape index (κ1) is 25.3. The van der Waals surface area contributed by atoms with Gasteiger partial charge in [-0.3, -0.25) is 14.4 Å². The van der Waals surface area contributed by atoms with Crippen molar-refractivity contribution in [1.82, 2.24) is 31.2 Å². The lowest BCUT2D eigenvalue weighted by atomic mass is 9.98. The van der Waals surface area contributed by atoms with Crippen molar-refractivity contribution >= 4 is 23.7 Å². The van der Waals surface area contributed by atoms with E-state index in [-0.39, 0.29) is 12.3 Å². The van der Waals surface area contributed by atoms with Gasteiger partial charge in [0.15, 0.2) is 0 Å². The molecule has 1 aliphatic heterocycles. The maximum Gasteiger partial charge on any atom is 0.326 e. The van der Waals surface area contributed by atoms with E-state index in [0.29, 0.717) is 25.1 Å².